The maximum absolute atomic E-state index is 12.7. The highest BCUT2D eigenvalue weighted by Gasteiger charge is 2.21. The second-order valence-electron chi connectivity index (χ2n) is 5.51. The first-order chi connectivity index (χ1) is 11.2. The molecule has 0 saturated carbocycles. The van der Waals surface area contributed by atoms with Crippen LogP contribution in [0.1, 0.15) is 27.0 Å². The average Bonchev–Trinajstić information content (AvgIpc) is 2.49. The minimum absolute atomic E-state index is 0.106. The van der Waals surface area contributed by atoms with Gasteiger partial charge in [0.1, 0.15) is 5.75 Å². The fraction of sp³-hybridized carbons (Fsp3) is 0.235. The quantitative estimate of drug-likeness (QED) is 0.889. The number of carbonyl (C=O) groups is 1. The van der Waals surface area contributed by atoms with Crippen molar-refractivity contribution < 1.29 is 23.1 Å². The molecule has 2 aromatic rings. The SMILES string of the molecule is COc1ccc(C)cc1NS(=O)(=O)c1cc(C(=O)[O-])cc(C)c1C. The standard InChI is InChI=1S/C17H19NO5S/c1-10-5-6-15(23-4)14(7-10)18-24(21,22)16-9-13(17(19)20)8-11(2)12(16)3/h5-9,18H,1-4H3,(H,19,20)/p-1. The zero-order chi connectivity index (χ0) is 18.1. The van der Waals surface area contributed by atoms with E-state index in [1.807, 2.05) is 6.92 Å². The van der Waals surface area contributed by atoms with E-state index in [-0.39, 0.29) is 16.1 Å². The van der Waals surface area contributed by atoms with Gasteiger partial charge >= 0.3 is 0 Å². The van der Waals surface area contributed by atoms with Crippen molar-refractivity contribution in [3.63, 3.8) is 0 Å². The van der Waals surface area contributed by atoms with Gasteiger partial charge in [-0.25, -0.2) is 8.42 Å². The Morgan fingerprint density at radius 1 is 1.12 bits per heavy atom. The number of hydrogen-bond donors (Lipinski definition) is 1. The molecular formula is C17H18NO5S-. The lowest BCUT2D eigenvalue weighted by molar-refractivity contribution is -0.255. The third kappa shape index (κ3) is 3.51. The molecule has 128 valence electrons. The number of benzene rings is 2. The number of rotatable bonds is 5. The molecule has 0 aliphatic rings. The summed E-state index contributed by atoms with van der Waals surface area (Å²) in [5, 5.41) is 11.1. The third-order valence-electron chi connectivity index (χ3n) is 3.74. The van der Waals surface area contributed by atoms with Gasteiger partial charge in [0.05, 0.1) is 23.7 Å². The maximum atomic E-state index is 12.7. The van der Waals surface area contributed by atoms with Gasteiger partial charge in [-0.1, -0.05) is 6.07 Å². The molecule has 1 N–H and O–H groups in total. The number of carbonyl (C=O) groups excluding carboxylic acids is 1. The van der Waals surface area contributed by atoms with Crippen LogP contribution in [0.15, 0.2) is 35.2 Å². The lowest BCUT2D eigenvalue weighted by atomic mass is 10.1. The molecule has 0 amide bonds. The van der Waals surface area contributed by atoms with Gasteiger partial charge in [0.2, 0.25) is 0 Å². The van der Waals surface area contributed by atoms with E-state index >= 15 is 0 Å². The van der Waals surface area contributed by atoms with Gasteiger partial charge < -0.3 is 14.6 Å². The van der Waals surface area contributed by atoms with Crippen LogP contribution in [0, 0.1) is 20.8 Å². The smallest absolute Gasteiger partial charge is 0.262 e. The molecule has 0 saturated heterocycles. The molecule has 7 heteroatoms. The number of carboxylic acid groups (broad SMARTS) is 1. The number of carboxylic acids is 1. The van der Waals surface area contributed by atoms with Crippen LogP contribution in [-0.4, -0.2) is 21.5 Å². The van der Waals surface area contributed by atoms with Crippen molar-refractivity contribution in [1.82, 2.24) is 0 Å². The van der Waals surface area contributed by atoms with Crippen LogP contribution in [0.3, 0.4) is 0 Å². The lowest BCUT2D eigenvalue weighted by Gasteiger charge is -2.16. The van der Waals surface area contributed by atoms with Crippen molar-refractivity contribution in [2.45, 2.75) is 25.7 Å². The summed E-state index contributed by atoms with van der Waals surface area (Å²) in [6, 6.07) is 7.58. The van der Waals surface area contributed by atoms with E-state index in [2.05, 4.69) is 4.72 Å². The molecule has 0 aromatic heterocycles. The molecule has 2 aromatic carbocycles. The van der Waals surface area contributed by atoms with E-state index in [0.717, 1.165) is 11.6 Å². The number of methoxy groups -OCH3 is 1. The van der Waals surface area contributed by atoms with Crippen LogP contribution in [0.5, 0.6) is 5.75 Å². The van der Waals surface area contributed by atoms with Gasteiger partial charge in [-0.05, 0) is 67.3 Å². The molecule has 0 unspecified atom stereocenters. The molecule has 6 nitrogen and oxygen atoms in total. The zero-order valence-electron chi connectivity index (χ0n) is 13.8. The molecule has 0 bridgehead atoms. The van der Waals surface area contributed by atoms with Crippen LogP contribution in [-0.2, 0) is 10.0 Å². The van der Waals surface area contributed by atoms with Gasteiger partial charge in [-0.2, -0.15) is 0 Å². The van der Waals surface area contributed by atoms with Crippen molar-refractivity contribution >= 4 is 21.7 Å². The van der Waals surface area contributed by atoms with Gasteiger partial charge in [-0.15, -0.1) is 0 Å². The van der Waals surface area contributed by atoms with E-state index < -0.39 is 16.0 Å². The second kappa shape index (κ2) is 6.52. The van der Waals surface area contributed by atoms with Crippen molar-refractivity contribution in [2.24, 2.45) is 0 Å². The number of aryl methyl sites for hydroxylation is 2. The molecule has 0 radical (unpaired) electrons. The summed E-state index contributed by atoms with van der Waals surface area (Å²) in [5.74, 6) is -1.06. The Hall–Kier alpha value is -2.54. The summed E-state index contributed by atoms with van der Waals surface area (Å²) in [4.78, 5) is 11.0. The topological polar surface area (TPSA) is 95.5 Å². The molecule has 24 heavy (non-hydrogen) atoms. The van der Waals surface area contributed by atoms with Crippen LogP contribution >= 0.6 is 0 Å². The van der Waals surface area contributed by atoms with E-state index in [1.165, 1.54) is 13.2 Å². The number of sulfonamides is 1. The Kier molecular flexibility index (Phi) is 4.84. The molecular weight excluding hydrogens is 330 g/mol. The first kappa shape index (κ1) is 17.8. The van der Waals surface area contributed by atoms with E-state index in [0.29, 0.717) is 16.9 Å². The number of aromatic carboxylic acids is 1. The molecule has 0 fully saturated rings. The molecule has 0 aliphatic carbocycles. The van der Waals surface area contributed by atoms with Crippen LogP contribution in [0.4, 0.5) is 5.69 Å². The zero-order valence-corrected chi connectivity index (χ0v) is 14.7. The summed E-state index contributed by atoms with van der Waals surface area (Å²) < 4.78 is 33.1. The first-order valence-electron chi connectivity index (χ1n) is 7.15. The van der Waals surface area contributed by atoms with Gasteiger partial charge in [0.25, 0.3) is 10.0 Å². The molecule has 0 heterocycles. The van der Waals surface area contributed by atoms with Crippen molar-refractivity contribution in [3.05, 3.63) is 52.6 Å². The fourth-order valence-corrected chi connectivity index (χ4v) is 3.73. The largest absolute Gasteiger partial charge is 0.545 e. The summed E-state index contributed by atoms with van der Waals surface area (Å²) in [5.41, 5.74) is 1.97. The van der Waals surface area contributed by atoms with Gasteiger partial charge in [0, 0.05) is 0 Å². The highest BCUT2D eigenvalue weighted by atomic mass is 32.2. The Balaban J connectivity index is 2.56. The number of nitrogens with one attached hydrogen (secondary N) is 1. The predicted octanol–water partition coefficient (Wildman–Crippen LogP) is 1.78. The predicted molar refractivity (Wildman–Crippen MR) is 88.8 cm³/mol. The highest BCUT2D eigenvalue weighted by Crippen LogP contribution is 2.29. The lowest BCUT2D eigenvalue weighted by Crippen LogP contribution is -2.24. The maximum Gasteiger partial charge on any atom is 0.262 e. The van der Waals surface area contributed by atoms with Crippen LogP contribution in [0.25, 0.3) is 0 Å². The number of ether oxygens (including phenoxy) is 1. The van der Waals surface area contributed by atoms with Gasteiger partial charge in [-0.3, -0.25) is 4.72 Å². The van der Waals surface area contributed by atoms with E-state index in [4.69, 9.17) is 4.74 Å². The number of hydrogen-bond acceptors (Lipinski definition) is 5. The molecule has 0 atom stereocenters. The summed E-state index contributed by atoms with van der Waals surface area (Å²) >= 11 is 0. The van der Waals surface area contributed by atoms with Crippen LogP contribution in [0.2, 0.25) is 0 Å². The molecule has 2 rings (SSSR count). The Morgan fingerprint density at radius 3 is 2.38 bits per heavy atom. The molecule has 0 spiro atoms. The van der Waals surface area contributed by atoms with E-state index in [9.17, 15) is 18.3 Å². The monoisotopic (exact) mass is 348 g/mol. The Morgan fingerprint density at radius 2 is 1.79 bits per heavy atom. The summed E-state index contributed by atoms with van der Waals surface area (Å²) in [6.07, 6.45) is 0. The normalized spacial score (nSPS) is 11.2. The average molecular weight is 348 g/mol. The van der Waals surface area contributed by atoms with E-state index in [1.54, 1.807) is 32.0 Å². The first-order valence-corrected chi connectivity index (χ1v) is 8.64. The summed E-state index contributed by atoms with van der Waals surface area (Å²) in [6.45, 7) is 5.09. The Labute approximate surface area is 141 Å². The minimum Gasteiger partial charge on any atom is -0.545 e. The fourth-order valence-electron chi connectivity index (χ4n) is 2.33. The minimum atomic E-state index is -3.99. The summed E-state index contributed by atoms with van der Waals surface area (Å²) in [7, 11) is -2.55. The number of anilines is 1. The second-order valence-corrected chi connectivity index (χ2v) is 7.16. The van der Waals surface area contributed by atoms with Crippen molar-refractivity contribution in [3.8, 4) is 5.75 Å². The van der Waals surface area contributed by atoms with Crippen molar-refractivity contribution in [1.29, 1.82) is 0 Å². The van der Waals surface area contributed by atoms with Gasteiger partial charge in [0.15, 0.2) is 0 Å². The Bertz CT molecular complexity index is 903. The highest BCUT2D eigenvalue weighted by molar-refractivity contribution is 7.92. The van der Waals surface area contributed by atoms with Crippen LogP contribution < -0.4 is 14.6 Å². The third-order valence-corrected chi connectivity index (χ3v) is 5.24. The molecule has 0 aliphatic heterocycles. The van der Waals surface area contributed by atoms with Crippen molar-refractivity contribution in [2.75, 3.05) is 11.8 Å².